The number of rotatable bonds is 7. The highest BCUT2D eigenvalue weighted by Crippen LogP contribution is 2.51. The van der Waals surface area contributed by atoms with Gasteiger partial charge in [-0.05, 0) is 34.1 Å². The topological polar surface area (TPSA) is 46.2 Å². The van der Waals surface area contributed by atoms with Gasteiger partial charge in [0.2, 0.25) is 5.79 Å². The molecule has 0 unspecified atom stereocenters. The van der Waals surface area contributed by atoms with Gasteiger partial charge in [-0.2, -0.15) is 0 Å². The Labute approximate surface area is 146 Å². The molecule has 5 heteroatoms. The highest BCUT2D eigenvalue weighted by Gasteiger charge is 2.66. The first-order chi connectivity index (χ1) is 11.3. The second-order valence-electron chi connectivity index (χ2n) is 8.32. The Morgan fingerprint density at radius 2 is 1.54 bits per heavy atom. The monoisotopic (exact) mass is 342 g/mol. The van der Waals surface area contributed by atoms with Gasteiger partial charge in [0.15, 0.2) is 11.6 Å². The molecule has 0 bridgehead atoms. The minimum absolute atomic E-state index is 0.112. The Hall–Kier alpha value is -0.200. The van der Waals surface area contributed by atoms with E-state index in [0.717, 1.165) is 12.8 Å². The highest BCUT2D eigenvalue weighted by atomic mass is 16.9. The van der Waals surface area contributed by atoms with Gasteiger partial charge in [-0.15, -0.1) is 0 Å². The van der Waals surface area contributed by atoms with Crippen LogP contribution in [0.2, 0.25) is 0 Å². The van der Waals surface area contributed by atoms with Crippen molar-refractivity contribution in [3.63, 3.8) is 0 Å². The standard InChI is InChI=1S/C19H34O5/c1-6-7-8-9-10-11-12-19-16(23-18(4,5)24-19)15-14(21-19)13-20-17(2,3)22-15/h14-16H,6-13H2,1-5H3/t14-,15+,16-,19-/m0/s1. The lowest BCUT2D eigenvalue weighted by Crippen LogP contribution is -2.51. The quantitative estimate of drug-likeness (QED) is 0.651. The summed E-state index contributed by atoms with van der Waals surface area (Å²) in [6.07, 6.45) is 7.91. The minimum atomic E-state index is -0.687. The molecule has 0 saturated carbocycles. The van der Waals surface area contributed by atoms with Crippen LogP contribution in [0, 0.1) is 0 Å². The Bertz CT molecular complexity index is 435. The highest BCUT2D eigenvalue weighted by molar-refractivity contribution is 5.04. The summed E-state index contributed by atoms with van der Waals surface area (Å²) >= 11 is 0. The van der Waals surface area contributed by atoms with E-state index in [1.54, 1.807) is 0 Å². The average Bonchev–Trinajstić information content (AvgIpc) is 2.90. The zero-order valence-corrected chi connectivity index (χ0v) is 15.9. The predicted octanol–water partition coefficient (Wildman–Crippen LogP) is 4.14. The number of ether oxygens (including phenoxy) is 5. The van der Waals surface area contributed by atoms with Gasteiger partial charge < -0.3 is 23.7 Å². The summed E-state index contributed by atoms with van der Waals surface area (Å²) in [5.41, 5.74) is 0. The van der Waals surface area contributed by atoms with Gasteiger partial charge in [-0.1, -0.05) is 39.0 Å². The summed E-state index contributed by atoms with van der Waals surface area (Å²) < 4.78 is 30.7. The number of fused-ring (bicyclic) bond motifs is 3. The fourth-order valence-corrected chi connectivity index (χ4v) is 4.14. The molecule has 0 N–H and O–H groups in total. The van der Waals surface area contributed by atoms with E-state index in [2.05, 4.69) is 6.92 Å². The fraction of sp³-hybridized carbons (Fsp3) is 1.00. The number of hydrogen-bond donors (Lipinski definition) is 0. The average molecular weight is 342 g/mol. The molecular formula is C19H34O5. The van der Waals surface area contributed by atoms with Crippen molar-refractivity contribution in [1.29, 1.82) is 0 Å². The number of hydrogen-bond acceptors (Lipinski definition) is 5. The van der Waals surface area contributed by atoms with E-state index >= 15 is 0 Å². The first kappa shape index (κ1) is 18.6. The van der Waals surface area contributed by atoms with Crippen molar-refractivity contribution in [2.45, 2.75) is 115 Å². The Morgan fingerprint density at radius 1 is 0.833 bits per heavy atom. The van der Waals surface area contributed by atoms with E-state index < -0.39 is 17.4 Å². The Morgan fingerprint density at radius 3 is 2.29 bits per heavy atom. The normalized spacial score (nSPS) is 39.6. The molecule has 0 aromatic rings. The molecule has 24 heavy (non-hydrogen) atoms. The lowest BCUT2D eigenvalue weighted by molar-refractivity contribution is -0.328. The van der Waals surface area contributed by atoms with Crippen LogP contribution in [0.1, 0.15) is 79.6 Å². The maximum Gasteiger partial charge on any atom is 0.201 e. The van der Waals surface area contributed by atoms with Crippen molar-refractivity contribution in [2.75, 3.05) is 6.61 Å². The summed E-state index contributed by atoms with van der Waals surface area (Å²) in [6, 6.07) is 0. The third-order valence-corrected chi connectivity index (χ3v) is 5.17. The van der Waals surface area contributed by atoms with Crippen molar-refractivity contribution >= 4 is 0 Å². The fourth-order valence-electron chi connectivity index (χ4n) is 4.14. The molecule has 5 nitrogen and oxygen atoms in total. The van der Waals surface area contributed by atoms with Crippen LogP contribution in [0.25, 0.3) is 0 Å². The summed E-state index contributed by atoms with van der Waals surface area (Å²) in [5.74, 6) is -1.92. The largest absolute Gasteiger partial charge is 0.348 e. The van der Waals surface area contributed by atoms with Gasteiger partial charge in [0.25, 0.3) is 0 Å². The van der Waals surface area contributed by atoms with Gasteiger partial charge in [0.05, 0.1) is 6.61 Å². The molecule has 3 aliphatic rings. The van der Waals surface area contributed by atoms with E-state index in [1.807, 2.05) is 27.7 Å². The summed E-state index contributed by atoms with van der Waals surface area (Å²) in [5, 5.41) is 0. The predicted molar refractivity (Wildman–Crippen MR) is 90.5 cm³/mol. The second-order valence-corrected chi connectivity index (χ2v) is 8.32. The van der Waals surface area contributed by atoms with E-state index in [-0.39, 0.29) is 18.3 Å². The molecule has 0 radical (unpaired) electrons. The van der Waals surface area contributed by atoms with Crippen LogP contribution in [-0.4, -0.2) is 42.3 Å². The van der Waals surface area contributed by atoms with Crippen LogP contribution in [0.4, 0.5) is 0 Å². The van der Waals surface area contributed by atoms with Crippen molar-refractivity contribution < 1.29 is 23.7 Å². The SMILES string of the molecule is CCCCCCCC[C@@]12O[C@H]3COC(C)(C)O[C@H]3[C@@H]1OC(C)(C)O2. The second kappa shape index (κ2) is 6.84. The maximum absolute atomic E-state index is 6.34. The molecule has 3 heterocycles. The lowest BCUT2D eigenvalue weighted by atomic mass is 9.98. The van der Waals surface area contributed by atoms with Crippen molar-refractivity contribution in [2.24, 2.45) is 0 Å². The molecule has 3 aliphatic heterocycles. The summed E-state index contributed by atoms with van der Waals surface area (Å²) in [4.78, 5) is 0. The molecule has 0 spiro atoms. The molecule has 3 fully saturated rings. The van der Waals surface area contributed by atoms with Crippen molar-refractivity contribution in [3.05, 3.63) is 0 Å². The third kappa shape index (κ3) is 3.80. The molecule has 0 aromatic carbocycles. The summed E-state index contributed by atoms with van der Waals surface area (Å²) in [6.45, 7) is 10.6. The Kier molecular flexibility index (Phi) is 5.30. The first-order valence-electron chi connectivity index (χ1n) is 9.64. The molecule has 3 saturated heterocycles. The van der Waals surface area contributed by atoms with Crippen molar-refractivity contribution in [3.8, 4) is 0 Å². The molecule has 3 rings (SSSR count). The van der Waals surface area contributed by atoms with E-state index in [4.69, 9.17) is 23.7 Å². The zero-order valence-electron chi connectivity index (χ0n) is 15.9. The molecule has 0 aromatic heterocycles. The molecule has 0 aliphatic carbocycles. The van der Waals surface area contributed by atoms with Crippen LogP contribution in [-0.2, 0) is 23.7 Å². The van der Waals surface area contributed by atoms with Gasteiger partial charge in [0.1, 0.15) is 18.3 Å². The Balaban J connectivity index is 1.63. The van der Waals surface area contributed by atoms with E-state index in [0.29, 0.717) is 6.61 Å². The van der Waals surface area contributed by atoms with Crippen molar-refractivity contribution in [1.82, 2.24) is 0 Å². The maximum atomic E-state index is 6.34. The number of unbranched alkanes of at least 4 members (excludes halogenated alkanes) is 5. The van der Waals surface area contributed by atoms with Crippen LogP contribution < -0.4 is 0 Å². The minimum Gasteiger partial charge on any atom is -0.348 e. The lowest BCUT2D eigenvalue weighted by Gasteiger charge is -2.38. The van der Waals surface area contributed by atoms with Crippen LogP contribution in [0.15, 0.2) is 0 Å². The van der Waals surface area contributed by atoms with E-state index in [1.165, 1.54) is 32.1 Å². The van der Waals surface area contributed by atoms with Gasteiger partial charge in [0, 0.05) is 6.42 Å². The summed E-state index contributed by atoms with van der Waals surface area (Å²) in [7, 11) is 0. The van der Waals surface area contributed by atoms with Gasteiger partial charge in [-0.25, -0.2) is 0 Å². The van der Waals surface area contributed by atoms with E-state index in [9.17, 15) is 0 Å². The van der Waals surface area contributed by atoms with Crippen LogP contribution in [0.5, 0.6) is 0 Å². The molecule has 4 atom stereocenters. The molecule has 140 valence electrons. The van der Waals surface area contributed by atoms with Gasteiger partial charge in [-0.3, -0.25) is 0 Å². The zero-order chi connectivity index (χ0) is 17.4. The smallest absolute Gasteiger partial charge is 0.201 e. The third-order valence-electron chi connectivity index (χ3n) is 5.17. The van der Waals surface area contributed by atoms with Gasteiger partial charge >= 0.3 is 0 Å². The molecular weight excluding hydrogens is 308 g/mol. The molecule has 0 amide bonds. The van der Waals surface area contributed by atoms with Crippen LogP contribution >= 0.6 is 0 Å². The first-order valence-corrected chi connectivity index (χ1v) is 9.64. The van der Waals surface area contributed by atoms with Crippen LogP contribution in [0.3, 0.4) is 0 Å².